The van der Waals surface area contributed by atoms with E-state index in [-0.39, 0.29) is 15.5 Å². The Morgan fingerprint density at radius 3 is 2.04 bits per heavy atom. The van der Waals surface area contributed by atoms with Crippen LogP contribution in [0.2, 0.25) is 5.02 Å². The molecule has 6 nitrogen and oxygen atoms in total. The first-order chi connectivity index (χ1) is 12.5. The normalized spacial score (nSPS) is 12.4. The molecule has 2 aromatic carbocycles. The second kappa shape index (κ2) is 8.18. The summed E-state index contributed by atoms with van der Waals surface area (Å²) in [5.41, 5.74) is 1.25. The van der Waals surface area contributed by atoms with Gasteiger partial charge in [0, 0.05) is 18.1 Å². The molecule has 0 heterocycles. The molecular weight excluding hydrogens is 408 g/mol. The Hall–Kier alpha value is -1.61. The van der Waals surface area contributed by atoms with Crippen molar-refractivity contribution >= 4 is 37.3 Å². The van der Waals surface area contributed by atoms with E-state index in [2.05, 4.69) is 4.72 Å². The summed E-state index contributed by atoms with van der Waals surface area (Å²) < 4.78 is 54.9. The highest BCUT2D eigenvalue weighted by atomic mass is 35.5. The van der Waals surface area contributed by atoms with Crippen molar-refractivity contribution < 1.29 is 16.8 Å². The van der Waals surface area contributed by atoms with Crippen LogP contribution in [0.4, 0.5) is 5.69 Å². The van der Waals surface area contributed by atoms with Crippen LogP contribution in [-0.4, -0.2) is 34.2 Å². The first-order valence-corrected chi connectivity index (χ1v) is 11.7. The largest absolute Gasteiger partial charge is 0.280 e. The Morgan fingerprint density at radius 1 is 0.889 bits per heavy atom. The molecule has 2 rings (SSSR count). The van der Waals surface area contributed by atoms with E-state index in [9.17, 15) is 16.8 Å². The smallest absolute Gasteiger partial charge is 0.262 e. The number of nitrogens with zero attached hydrogens (tertiary/aromatic N) is 1. The van der Waals surface area contributed by atoms with E-state index in [0.29, 0.717) is 29.2 Å². The fourth-order valence-electron chi connectivity index (χ4n) is 2.72. The van der Waals surface area contributed by atoms with Gasteiger partial charge >= 0.3 is 0 Å². The van der Waals surface area contributed by atoms with Crippen LogP contribution >= 0.6 is 11.6 Å². The van der Waals surface area contributed by atoms with Crippen molar-refractivity contribution in [3.05, 3.63) is 52.5 Å². The van der Waals surface area contributed by atoms with Gasteiger partial charge in [-0.15, -0.1) is 0 Å². The average molecular weight is 431 g/mol. The summed E-state index contributed by atoms with van der Waals surface area (Å²) in [6.45, 7) is 7.51. The monoisotopic (exact) mass is 430 g/mol. The molecule has 1 N–H and O–H groups in total. The van der Waals surface area contributed by atoms with E-state index in [1.807, 2.05) is 0 Å². The molecule has 0 aromatic heterocycles. The van der Waals surface area contributed by atoms with Gasteiger partial charge in [-0.2, -0.15) is 4.31 Å². The lowest BCUT2D eigenvalue weighted by Crippen LogP contribution is -2.31. The number of aryl methyl sites for hydroxylation is 2. The molecule has 0 radical (unpaired) electrons. The molecule has 0 fully saturated rings. The highest BCUT2D eigenvalue weighted by Gasteiger charge is 2.25. The van der Waals surface area contributed by atoms with Gasteiger partial charge in [0.05, 0.1) is 15.5 Å². The summed E-state index contributed by atoms with van der Waals surface area (Å²) in [6, 6.07) is 9.05. The van der Waals surface area contributed by atoms with Crippen LogP contribution in [-0.2, 0) is 20.0 Å². The minimum Gasteiger partial charge on any atom is -0.280 e. The summed E-state index contributed by atoms with van der Waals surface area (Å²) in [5, 5.41) is 0.301. The first kappa shape index (κ1) is 21.7. The molecule has 0 saturated carbocycles. The second-order valence-electron chi connectivity index (χ2n) is 6.08. The molecule has 0 bridgehead atoms. The number of anilines is 1. The molecule has 0 spiro atoms. The SMILES string of the molecule is CCN(CC)S(=O)(=O)c1cc(NS(=O)(=O)c2cc(Cl)ccc2C)ccc1C. The number of nitrogens with one attached hydrogen (secondary N) is 1. The molecule has 2 aromatic rings. The van der Waals surface area contributed by atoms with Crippen molar-refractivity contribution in [2.24, 2.45) is 0 Å². The zero-order chi connectivity index (χ0) is 20.4. The molecule has 27 heavy (non-hydrogen) atoms. The third kappa shape index (κ3) is 4.63. The zero-order valence-electron chi connectivity index (χ0n) is 15.7. The van der Waals surface area contributed by atoms with Gasteiger partial charge in [0.2, 0.25) is 10.0 Å². The molecule has 0 amide bonds. The van der Waals surface area contributed by atoms with Crippen LogP contribution in [0, 0.1) is 13.8 Å². The number of hydrogen-bond acceptors (Lipinski definition) is 4. The summed E-state index contributed by atoms with van der Waals surface area (Å²) in [5.74, 6) is 0. The third-order valence-electron chi connectivity index (χ3n) is 4.20. The fourth-order valence-corrected chi connectivity index (χ4v) is 5.98. The molecule has 0 saturated heterocycles. The van der Waals surface area contributed by atoms with E-state index < -0.39 is 20.0 Å². The summed E-state index contributed by atoms with van der Waals surface area (Å²) >= 11 is 5.92. The van der Waals surface area contributed by atoms with Crippen molar-refractivity contribution in [1.82, 2.24) is 4.31 Å². The second-order valence-corrected chi connectivity index (χ2v) is 10.1. The lowest BCUT2D eigenvalue weighted by Gasteiger charge is -2.20. The quantitative estimate of drug-likeness (QED) is 0.724. The molecule has 0 unspecified atom stereocenters. The van der Waals surface area contributed by atoms with Crippen molar-refractivity contribution in [1.29, 1.82) is 0 Å². The predicted molar refractivity (Wildman–Crippen MR) is 108 cm³/mol. The maximum absolute atomic E-state index is 12.8. The molecule has 0 aliphatic carbocycles. The van der Waals surface area contributed by atoms with Crippen LogP contribution in [0.1, 0.15) is 25.0 Å². The van der Waals surface area contributed by atoms with Gasteiger partial charge in [-0.25, -0.2) is 16.8 Å². The fraction of sp³-hybridized carbons (Fsp3) is 0.333. The number of hydrogen-bond donors (Lipinski definition) is 1. The van der Waals surface area contributed by atoms with E-state index in [0.717, 1.165) is 0 Å². The first-order valence-electron chi connectivity index (χ1n) is 8.42. The van der Waals surface area contributed by atoms with E-state index >= 15 is 0 Å². The average Bonchev–Trinajstić information content (AvgIpc) is 2.59. The van der Waals surface area contributed by atoms with Gasteiger partial charge in [-0.1, -0.05) is 37.6 Å². The number of halogens is 1. The summed E-state index contributed by atoms with van der Waals surface area (Å²) in [4.78, 5) is 0.123. The summed E-state index contributed by atoms with van der Waals surface area (Å²) in [7, 11) is -7.63. The molecule has 0 aliphatic heterocycles. The van der Waals surface area contributed by atoms with Gasteiger partial charge in [-0.3, -0.25) is 4.72 Å². The van der Waals surface area contributed by atoms with Crippen LogP contribution in [0.15, 0.2) is 46.2 Å². The predicted octanol–water partition coefficient (Wildman–Crippen LogP) is 3.79. The minimum atomic E-state index is -3.92. The number of sulfonamides is 2. The lowest BCUT2D eigenvalue weighted by atomic mass is 10.2. The third-order valence-corrected chi connectivity index (χ3v) is 8.15. The maximum atomic E-state index is 12.8. The van der Waals surface area contributed by atoms with Crippen molar-refractivity contribution in [3.63, 3.8) is 0 Å². The van der Waals surface area contributed by atoms with Gasteiger partial charge in [-0.05, 0) is 49.2 Å². The van der Waals surface area contributed by atoms with Crippen LogP contribution in [0.3, 0.4) is 0 Å². The molecule has 9 heteroatoms. The Balaban J connectivity index is 2.49. The summed E-state index contributed by atoms with van der Waals surface area (Å²) in [6.07, 6.45) is 0. The minimum absolute atomic E-state index is 0.0451. The van der Waals surface area contributed by atoms with Gasteiger partial charge in [0.15, 0.2) is 0 Å². The highest BCUT2D eigenvalue weighted by Crippen LogP contribution is 2.27. The standard InChI is InChI=1S/C18H23ClN2O4S2/c1-5-21(6-2)27(24,25)18-12-16(10-8-14(18)4)20-26(22,23)17-11-15(19)9-7-13(17)3/h7-12,20H,5-6H2,1-4H3. The molecule has 0 atom stereocenters. The Morgan fingerprint density at radius 2 is 1.44 bits per heavy atom. The van der Waals surface area contributed by atoms with Crippen LogP contribution < -0.4 is 4.72 Å². The lowest BCUT2D eigenvalue weighted by molar-refractivity contribution is 0.445. The molecular formula is C18H23ClN2O4S2. The maximum Gasteiger partial charge on any atom is 0.262 e. The number of rotatable bonds is 7. The molecule has 0 aliphatic rings. The number of benzene rings is 2. The highest BCUT2D eigenvalue weighted by molar-refractivity contribution is 7.92. The van der Waals surface area contributed by atoms with Crippen molar-refractivity contribution in [3.8, 4) is 0 Å². The van der Waals surface area contributed by atoms with Gasteiger partial charge < -0.3 is 0 Å². The Bertz CT molecular complexity index is 1050. The molecule has 148 valence electrons. The van der Waals surface area contributed by atoms with E-state index in [1.165, 1.54) is 22.5 Å². The van der Waals surface area contributed by atoms with Gasteiger partial charge in [0.25, 0.3) is 10.0 Å². The van der Waals surface area contributed by atoms with E-state index in [1.54, 1.807) is 45.9 Å². The van der Waals surface area contributed by atoms with Crippen molar-refractivity contribution in [2.75, 3.05) is 17.8 Å². The van der Waals surface area contributed by atoms with E-state index in [4.69, 9.17) is 11.6 Å². The Kier molecular flexibility index (Phi) is 6.57. The van der Waals surface area contributed by atoms with Gasteiger partial charge in [0.1, 0.15) is 0 Å². The van der Waals surface area contributed by atoms with Crippen LogP contribution in [0.5, 0.6) is 0 Å². The van der Waals surface area contributed by atoms with Crippen LogP contribution in [0.25, 0.3) is 0 Å². The topological polar surface area (TPSA) is 83.6 Å². The van der Waals surface area contributed by atoms with Crippen molar-refractivity contribution in [2.45, 2.75) is 37.5 Å². The zero-order valence-corrected chi connectivity index (χ0v) is 18.0. The Labute approximate surface area is 166 Å².